The Morgan fingerprint density at radius 1 is 1.24 bits per heavy atom. The molecule has 0 saturated heterocycles. The van der Waals surface area contributed by atoms with Gasteiger partial charge in [0.2, 0.25) is 0 Å². The molecule has 104 valence electrons. The molecule has 4 nitrogen and oxygen atoms in total. The van der Waals surface area contributed by atoms with Gasteiger partial charge in [-0.2, -0.15) is 5.26 Å². The summed E-state index contributed by atoms with van der Waals surface area (Å²) in [6, 6.07) is 14.9. The van der Waals surface area contributed by atoms with Crippen LogP contribution >= 0.6 is 0 Å². The van der Waals surface area contributed by atoms with Gasteiger partial charge in [-0.3, -0.25) is 4.79 Å². The van der Waals surface area contributed by atoms with Gasteiger partial charge in [-0.25, -0.2) is 0 Å². The van der Waals surface area contributed by atoms with E-state index >= 15 is 0 Å². The van der Waals surface area contributed by atoms with Crippen molar-refractivity contribution in [2.45, 2.75) is 6.42 Å². The molecule has 0 unspecified atom stereocenters. The van der Waals surface area contributed by atoms with Gasteiger partial charge in [-0.15, -0.1) is 0 Å². The summed E-state index contributed by atoms with van der Waals surface area (Å²) in [5, 5.41) is 8.95. The second kappa shape index (κ2) is 5.29. The Morgan fingerprint density at radius 3 is 2.81 bits per heavy atom. The molecule has 3 rings (SSSR count). The summed E-state index contributed by atoms with van der Waals surface area (Å²) in [6.07, 6.45) is 0.811. The molecule has 0 spiro atoms. The van der Waals surface area contributed by atoms with Gasteiger partial charge in [0, 0.05) is 18.2 Å². The van der Waals surface area contributed by atoms with E-state index in [4.69, 9.17) is 10.00 Å². The van der Waals surface area contributed by atoms with Crippen molar-refractivity contribution in [1.82, 2.24) is 0 Å². The maximum atomic E-state index is 12.6. The molecule has 0 atom stereocenters. The van der Waals surface area contributed by atoms with Crippen molar-refractivity contribution in [1.29, 1.82) is 5.26 Å². The highest BCUT2D eigenvalue weighted by Crippen LogP contribution is 2.32. The predicted molar refractivity (Wildman–Crippen MR) is 79.5 cm³/mol. The number of anilines is 1. The van der Waals surface area contributed by atoms with Gasteiger partial charge < -0.3 is 9.64 Å². The summed E-state index contributed by atoms with van der Waals surface area (Å²) < 4.78 is 5.33. The quantitative estimate of drug-likeness (QED) is 0.848. The predicted octanol–water partition coefficient (Wildman–Crippen LogP) is 2.77. The Bertz CT molecular complexity index is 747. The number of nitriles is 1. The normalized spacial score (nSPS) is 13.5. The van der Waals surface area contributed by atoms with Crippen LogP contribution in [0.1, 0.15) is 21.5 Å². The molecular formula is C17H14N2O2. The number of hydrogen-bond acceptors (Lipinski definition) is 3. The lowest BCUT2D eigenvalue weighted by atomic mass is 9.98. The van der Waals surface area contributed by atoms with Crippen LogP contribution < -0.4 is 9.64 Å². The molecule has 0 fully saturated rings. The highest BCUT2D eigenvalue weighted by atomic mass is 16.5. The van der Waals surface area contributed by atoms with Gasteiger partial charge in [-0.05, 0) is 30.2 Å². The van der Waals surface area contributed by atoms with Crippen LogP contribution in [0.15, 0.2) is 42.5 Å². The minimum Gasteiger partial charge on any atom is -0.495 e. The lowest BCUT2D eigenvalue weighted by Gasteiger charge is -2.29. The van der Waals surface area contributed by atoms with Crippen LogP contribution in [-0.4, -0.2) is 19.6 Å². The van der Waals surface area contributed by atoms with Crippen molar-refractivity contribution >= 4 is 11.6 Å². The highest BCUT2D eigenvalue weighted by molar-refractivity contribution is 6.08. The maximum Gasteiger partial charge on any atom is 0.258 e. The van der Waals surface area contributed by atoms with Crippen LogP contribution in [0.4, 0.5) is 5.69 Å². The third kappa shape index (κ3) is 2.23. The standard InChI is InChI=1S/C17H14N2O2/c1-21-16-10-12(11-18)6-7-15(16)19-9-8-13-4-2-3-5-14(13)17(19)20/h2-7,10H,8-9H2,1H3. The minimum atomic E-state index is -0.0279. The topological polar surface area (TPSA) is 53.3 Å². The Hall–Kier alpha value is -2.80. The van der Waals surface area contributed by atoms with Gasteiger partial charge in [0.1, 0.15) is 5.75 Å². The number of rotatable bonds is 2. The molecule has 0 bridgehead atoms. The van der Waals surface area contributed by atoms with E-state index in [9.17, 15) is 4.79 Å². The van der Waals surface area contributed by atoms with Crippen LogP contribution in [0.3, 0.4) is 0 Å². The summed E-state index contributed by atoms with van der Waals surface area (Å²) in [4.78, 5) is 14.4. The van der Waals surface area contributed by atoms with Crippen molar-refractivity contribution in [3.05, 3.63) is 59.2 Å². The molecule has 1 aliphatic rings. The Balaban J connectivity index is 2.03. The molecule has 1 aliphatic heterocycles. The lowest BCUT2D eigenvalue weighted by Crippen LogP contribution is -2.37. The van der Waals surface area contributed by atoms with E-state index in [0.717, 1.165) is 17.5 Å². The van der Waals surface area contributed by atoms with E-state index in [0.29, 0.717) is 23.5 Å². The molecule has 0 N–H and O–H groups in total. The van der Waals surface area contributed by atoms with Crippen LogP contribution in [0, 0.1) is 11.3 Å². The number of carbonyl (C=O) groups excluding carboxylic acids is 1. The maximum absolute atomic E-state index is 12.6. The number of carbonyl (C=O) groups is 1. The summed E-state index contributed by atoms with van der Waals surface area (Å²) in [6.45, 7) is 0.609. The van der Waals surface area contributed by atoms with E-state index in [-0.39, 0.29) is 5.91 Å². The molecular weight excluding hydrogens is 264 g/mol. The van der Waals surface area contributed by atoms with Crippen molar-refractivity contribution in [3.8, 4) is 11.8 Å². The summed E-state index contributed by atoms with van der Waals surface area (Å²) in [5.41, 5.74) is 3.03. The first-order valence-corrected chi connectivity index (χ1v) is 6.72. The second-order valence-electron chi connectivity index (χ2n) is 4.86. The Kier molecular flexibility index (Phi) is 3.33. The zero-order valence-corrected chi connectivity index (χ0v) is 11.7. The SMILES string of the molecule is COc1cc(C#N)ccc1N1CCc2ccccc2C1=O. The average Bonchev–Trinajstić information content (AvgIpc) is 2.55. The van der Waals surface area contributed by atoms with Gasteiger partial charge >= 0.3 is 0 Å². The van der Waals surface area contributed by atoms with Crippen LogP contribution in [0.25, 0.3) is 0 Å². The first kappa shape index (κ1) is 13.2. The summed E-state index contributed by atoms with van der Waals surface area (Å²) in [5.74, 6) is 0.515. The van der Waals surface area contributed by atoms with Gasteiger partial charge in [0.05, 0.1) is 24.4 Å². The monoisotopic (exact) mass is 278 g/mol. The summed E-state index contributed by atoms with van der Waals surface area (Å²) >= 11 is 0. The molecule has 0 aliphatic carbocycles. The van der Waals surface area contributed by atoms with E-state index in [1.54, 1.807) is 30.2 Å². The molecule has 1 heterocycles. The number of hydrogen-bond donors (Lipinski definition) is 0. The van der Waals surface area contributed by atoms with E-state index in [1.165, 1.54) is 0 Å². The Labute approximate surface area is 123 Å². The van der Waals surface area contributed by atoms with E-state index < -0.39 is 0 Å². The van der Waals surface area contributed by atoms with E-state index in [1.807, 2.05) is 24.3 Å². The number of fused-ring (bicyclic) bond motifs is 1. The van der Waals surface area contributed by atoms with Crippen molar-refractivity contribution in [2.75, 3.05) is 18.6 Å². The number of ether oxygens (including phenoxy) is 1. The van der Waals surface area contributed by atoms with Gasteiger partial charge in [0.25, 0.3) is 5.91 Å². The van der Waals surface area contributed by atoms with Crippen LogP contribution in [0.5, 0.6) is 5.75 Å². The molecule has 0 radical (unpaired) electrons. The van der Waals surface area contributed by atoms with Crippen LogP contribution in [0.2, 0.25) is 0 Å². The first-order chi connectivity index (χ1) is 10.2. The fourth-order valence-electron chi connectivity index (χ4n) is 2.63. The third-order valence-corrected chi connectivity index (χ3v) is 3.70. The third-order valence-electron chi connectivity index (χ3n) is 3.70. The lowest BCUT2D eigenvalue weighted by molar-refractivity contribution is 0.0980. The van der Waals surface area contributed by atoms with Crippen molar-refractivity contribution < 1.29 is 9.53 Å². The van der Waals surface area contributed by atoms with Gasteiger partial charge in [0.15, 0.2) is 0 Å². The number of benzene rings is 2. The highest BCUT2D eigenvalue weighted by Gasteiger charge is 2.27. The second-order valence-corrected chi connectivity index (χ2v) is 4.86. The Morgan fingerprint density at radius 2 is 2.05 bits per heavy atom. The zero-order valence-electron chi connectivity index (χ0n) is 11.7. The molecule has 4 heteroatoms. The molecule has 21 heavy (non-hydrogen) atoms. The average molecular weight is 278 g/mol. The molecule has 0 saturated carbocycles. The number of methoxy groups -OCH3 is 1. The smallest absolute Gasteiger partial charge is 0.258 e. The fraction of sp³-hybridized carbons (Fsp3) is 0.176. The number of amides is 1. The largest absolute Gasteiger partial charge is 0.495 e. The van der Waals surface area contributed by atoms with Gasteiger partial charge in [-0.1, -0.05) is 18.2 Å². The van der Waals surface area contributed by atoms with Crippen LogP contribution in [-0.2, 0) is 6.42 Å². The zero-order chi connectivity index (χ0) is 14.8. The molecule has 2 aromatic carbocycles. The first-order valence-electron chi connectivity index (χ1n) is 6.72. The fourth-order valence-corrected chi connectivity index (χ4v) is 2.63. The minimum absolute atomic E-state index is 0.0279. The molecule has 2 aromatic rings. The summed E-state index contributed by atoms with van der Waals surface area (Å²) in [7, 11) is 1.54. The van der Waals surface area contributed by atoms with Crippen molar-refractivity contribution in [2.24, 2.45) is 0 Å². The van der Waals surface area contributed by atoms with Crippen molar-refractivity contribution in [3.63, 3.8) is 0 Å². The van der Waals surface area contributed by atoms with E-state index in [2.05, 4.69) is 6.07 Å². The molecule has 1 amide bonds. The number of nitrogens with zero attached hydrogens (tertiary/aromatic N) is 2. The molecule has 0 aromatic heterocycles.